The number of hydrogen-bond acceptors (Lipinski definition) is 4. The zero-order valence-electron chi connectivity index (χ0n) is 13.7. The number of nitrogens with one attached hydrogen (secondary N) is 1. The highest BCUT2D eigenvalue weighted by Gasteiger charge is 2.21. The normalized spacial score (nSPS) is 12.0. The molecule has 1 unspecified atom stereocenters. The summed E-state index contributed by atoms with van der Waals surface area (Å²) in [6, 6.07) is 22.0. The van der Waals surface area contributed by atoms with Crippen LogP contribution in [-0.2, 0) is 0 Å². The smallest absolute Gasteiger partial charge is 0.349 e. The highest BCUT2D eigenvalue weighted by atomic mass is 32.1. The molecule has 4 rings (SSSR count). The summed E-state index contributed by atoms with van der Waals surface area (Å²) in [6.45, 7) is 0. The summed E-state index contributed by atoms with van der Waals surface area (Å²) in [5.74, 6) is -0.452. The molecule has 26 heavy (non-hydrogen) atoms. The van der Waals surface area contributed by atoms with E-state index < -0.39 is 11.5 Å². The van der Waals surface area contributed by atoms with Gasteiger partial charge in [-0.15, -0.1) is 11.3 Å². The average molecular weight is 361 g/mol. The average Bonchev–Trinajstić information content (AvgIpc) is 3.20. The van der Waals surface area contributed by atoms with Gasteiger partial charge in [-0.05, 0) is 29.1 Å². The van der Waals surface area contributed by atoms with Crippen LogP contribution in [0.1, 0.15) is 26.8 Å². The highest BCUT2D eigenvalue weighted by molar-refractivity contribution is 7.10. The second-order valence-corrected chi connectivity index (χ2v) is 6.80. The van der Waals surface area contributed by atoms with Crippen molar-refractivity contribution in [3.8, 4) is 0 Å². The van der Waals surface area contributed by atoms with Crippen LogP contribution in [-0.4, -0.2) is 5.91 Å². The van der Waals surface area contributed by atoms with E-state index in [1.165, 1.54) is 0 Å². The number of amides is 1. The Labute approximate surface area is 153 Å². The maximum Gasteiger partial charge on any atom is 0.349 e. The minimum absolute atomic E-state index is 0.00110. The van der Waals surface area contributed by atoms with E-state index in [-0.39, 0.29) is 11.6 Å². The van der Waals surface area contributed by atoms with Crippen molar-refractivity contribution in [1.29, 1.82) is 0 Å². The van der Waals surface area contributed by atoms with Crippen molar-refractivity contribution in [2.75, 3.05) is 0 Å². The number of carbonyl (C=O) groups is 1. The first-order valence-electron chi connectivity index (χ1n) is 8.14. The van der Waals surface area contributed by atoms with Crippen molar-refractivity contribution in [3.63, 3.8) is 0 Å². The van der Waals surface area contributed by atoms with Crippen LogP contribution in [0.3, 0.4) is 0 Å². The Morgan fingerprint density at radius 2 is 1.73 bits per heavy atom. The number of thiophene rings is 1. The van der Waals surface area contributed by atoms with Crippen LogP contribution >= 0.6 is 11.3 Å². The summed E-state index contributed by atoms with van der Waals surface area (Å²) in [4.78, 5) is 26.1. The van der Waals surface area contributed by atoms with E-state index in [2.05, 4.69) is 5.32 Å². The molecule has 0 spiro atoms. The van der Waals surface area contributed by atoms with Crippen LogP contribution in [0.2, 0.25) is 0 Å². The third kappa shape index (κ3) is 3.17. The van der Waals surface area contributed by atoms with E-state index in [0.717, 1.165) is 10.4 Å². The van der Waals surface area contributed by atoms with Gasteiger partial charge in [0, 0.05) is 10.3 Å². The summed E-state index contributed by atoms with van der Waals surface area (Å²) >= 11 is 1.55. The van der Waals surface area contributed by atoms with Gasteiger partial charge < -0.3 is 9.73 Å². The number of hydrogen-bond donors (Lipinski definition) is 1. The van der Waals surface area contributed by atoms with Crippen LogP contribution in [0, 0.1) is 0 Å². The van der Waals surface area contributed by atoms with Gasteiger partial charge in [-0.25, -0.2) is 4.79 Å². The third-order valence-electron chi connectivity index (χ3n) is 4.12. The minimum Gasteiger partial charge on any atom is -0.422 e. The van der Waals surface area contributed by atoms with Crippen LogP contribution in [0.25, 0.3) is 11.0 Å². The van der Waals surface area contributed by atoms with Crippen LogP contribution in [0.15, 0.2) is 87.4 Å². The molecule has 0 fully saturated rings. The van der Waals surface area contributed by atoms with Gasteiger partial charge in [-0.2, -0.15) is 0 Å². The molecule has 0 saturated heterocycles. The number of benzene rings is 2. The maximum atomic E-state index is 12.8. The van der Waals surface area contributed by atoms with Crippen LogP contribution in [0.5, 0.6) is 0 Å². The monoisotopic (exact) mass is 361 g/mol. The molecular weight excluding hydrogens is 346 g/mol. The van der Waals surface area contributed by atoms with E-state index in [9.17, 15) is 9.59 Å². The molecule has 4 aromatic rings. The van der Waals surface area contributed by atoms with Crippen molar-refractivity contribution >= 4 is 28.2 Å². The molecule has 128 valence electrons. The predicted molar refractivity (Wildman–Crippen MR) is 103 cm³/mol. The van der Waals surface area contributed by atoms with Gasteiger partial charge in [0.15, 0.2) is 0 Å². The number of fused-ring (bicyclic) bond motifs is 1. The summed E-state index contributed by atoms with van der Waals surface area (Å²) in [5.41, 5.74) is 0.778. The lowest BCUT2D eigenvalue weighted by Crippen LogP contribution is -2.32. The molecule has 0 bridgehead atoms. The zero-order chi connectivity index (χ0) is 17.9. The van der Waals surface area contributed by atoms with E-state index in [1.807, 2.05) is 60.0 Å². The van der Waals surface area contributed by atoms with E-state index in [4.69, 9.17) is 4.42 Å². The highest BCUT2D eigenvalue weighted by Crippen LogP contribution is 2.26. The van der Waals surface area contributed by atoms with Crippen molar-refractivity contribution < 1.29 is 9.21 Å². The SMILES string of the molecule is O=C(NC(c1ccccc1)c1cccs1)c1cc2ccccc2oc1=O. The van der Waals surface area contributed by atoms with Gasteiger partial charge in [0.1, 0.15) is 11.1 Å². The molecule has 0 aliphatic carbocycles. The molecule has 5 heteroatoms. The summed E-state index contributed by atoms with van der Waals surface area (Å²) in [7, 11) is 0. The largest absolute Gasteiger partial charge is 0.422 e. The minimum atomic E-state index is -0.640. The molecule has 1 atom stereocenters. The molecule has 1 amide bonds. The lowest BCUT2D eigenvalue weighted by Gasteiger charge is -2.18. The summed E-state index contributed by atoms with van der Waals surface area (Å²) in [5, 5.41) is 5.64. The van der Waals surface area contributed by atoms with E-state index in [0.29, 0.717) is 11.0 Å². The second kappa shape index (κ2) is 6.98. The van der Waals surface area contributed by atoms with Gasteiger partial charge in [0.2, 0.25) is 0 Å². The van der Waals surface area contributed by atoms with Gasteiger partial charge >= 0.3 is 5.63 Å². The van der Waals surface area contributed by atoms with Crippen molar-refractivity contribution in [2.24, 2.45) is 0 Å². The van der Waals surface area contributed by atoms with Crippen molar-refractivity contribution in [2.45, 2.75) is 6.04 Å². The van der Waals surface area contributed by atoms with Crippen molar-refractivity contribution in [3.05, 3.63) is 105 Å². The molecule has 2 aromatic heterocycles. The topological polar surface area (TPSA) is 59.3 Å². The molecule has 0 radical (unpaired) electrons. The fraction of sp³-hybridized carbons (Fsp3) is 0.0476. The number of rotatable bonds is 4. The van der Waals surface area contributed by atoms with Crippen molar-refractivity contribution in [1.82, 2.24) is 5.32 Å². The van der Waals surface area contributed by atoms with E-state index in [1.54, 1.807) is 29.5 Å². The molecule has 2 heterocycles. The predicted octanol–water partition coefficient (Wildman–Crippen LogP) is 4.37. The molecule has 2 aromatic carbocycles. The maximum absolute atomic E-state index is 12.8. The summed E-state index contributed by atoms with van der Waals surface area (Å²) in [6.07, 6.45) is 0. The second-order valence-electron chi connectivity index (χ2n) is 5.82. The van der Waals surface area contributed by atoms with Gasteiger partial charge in [-0.3, -0.25) is 4.79 Å². The number of para-hydroxylation sites is 1. The lowest BCUT2D eigenvalue weighted by atomic mass is 10.0. The molecule has 0 saturated carbocycles. The fourth-order valence-corrected chi connectivity index (χ4v) is 3.65. The number of carbonyl (C=O) groups excluding carboxylic acids is 1. The zero-order valence-corrected chi connectivity index (χ0v) is 14.5. The Kier molecular flexibility index (Phi) is 4.37. The molecule has 4 nitrogen and oxygen atoms in total. The first kappa shape index (κ1) is 16.3. The Morgan fingerprint density at radius 3 is 2.50 bits per heavy atom. The molecule has 0 aliphatic rings. The Bertz CT molecular complexity index is 1100. The first-order valence-corrected chi connectivity index (χ1v) is 9.02. The van der Waals surface area contributed by atoms with Gasteiger partial charge in [0.25, 0.3) is 5.91 Å². The van der Waals surface area contributed by atoms with Gasteiger partial charge in [-0.1, -0.05) is 54.6 Å². The molecule has 1 N–H and O–H groups in total. The Morgan fingerprint density at radius 1 is 0.962 bits per heavy atom. The van der Waals surface area contributed by atoms with Crippen LogP contribution < -0.4 is 10.9 Å². The standard InChI is InChI=1S/C21H15NO3S/c23-20(16-13-15-9-4-5-10-17(15)25-21(16)24)22-19(18-11-6-12-26-18)14-7-2-1-3-8-14/h1-13,19H,(H,22,23). The summed E-state index contributed by atoms with van der Waals surface area (Å²) < 4.78 is 5.28. The fourth-order valence-electron chi connectivity index (χ4n) is 2.85. The Balaban J connectivity index is 1.71. The molecule has 0 aliphatic heterocycles. The van der Waals surface area contributed by atoms with Crippen LogP contribution in [0.4, 0.5) is 0 Å². The Hall–Kier alpha value is -3.18. The first-order chi connectivity index (χ1) is 12.7. The lowest BCUT2D eigenvalue weighted by molar-refractivity contribution is 0.0940. The van der Waals surface area contributed by atoms with Gasteiger partial charge in [0.05, 0.1) is 6.04 Å². The quantitative estimate of drug-likeness (QED) is 0.549. The van der Waals surface area contributed by atoms with E-state index >= 15 is 0 Å². The molecular formula is C21H15NO3S. The third-order valence-corrected chi connectivity index (χ3v) is 5.06.